The molecular formula is C15H14BrFN2O2. The zero-order valence-electron chi connectivity index (χ0n) is 11.1. The molecule has 0 atom stereocenters. The number of amides is 1. The van der Waals surface area contributed by atoms with Gasteiger partial charge in [0.1, 0.15) is 11.6 Å². The first-order valence-corrected chi connectivity index (χ1v) is 7.07. The zero-order valence-corrected chi connectivity index (χ0v) is 12.7. The van der Waals surface area contributed by atoms with Crippen LogP contribution in [-0.2, 0) is 4.79 Å². The van der Waals surface area contributed by atoms with Gasteiger partial charge < -0.3 is 15.8 Å². The summed E-state index contributed by atoms with van der Waals surface area (Å²) in [5.41, 5.74) is 6.83. The van der Waals surface area contributed by atoms with Crippen LogP contribution >= 0.6 is 15.9 Å². The molecule has 0 saturated heterocycles. The normalized spacial score (nSPS) is 10.2. The van der Waals surface area contributed by atoms with Crippen molar-refractivity contribution >= 4 is 33.2 Å². The summed E-state index contributed by atoms with van der Waals surface area (Å²) in [6.07, 6.45) is 0.151. The molecule has 0 aliphatic rings. The molecule has 4 nitrogen and oxygen atoms in total. The van der Waals surface area contributed by atoms with E-state index in [1.54, 1.807) is 30.3 Å². The lowest BCUT2D eigenvalue weighted by Gasteiger charge is -2.09. The molecule has 21 heavy (non-hydrogen) atoms. The molecule has 110 valence electrons. The monoisotopic (exact) mass is 352 g/mol. The highest BCUT2D eigenvalue weighted by atomic mass is 79.9. The number of benzene rings is 2. The van der Waals surface area contributed by atoms with Gasteiger partial charge in [-0.25, -0.2) is 4.39 Å². The maximum atomic E-state index is 13.1. The zero-order chi connectivity index (χ0) is 15.2. The van der Waals surface area contributed by atoms with Crippen LogP contribution in [0.4, 0.5) is 15.8 Å². The molecule has 0 aromatic heterocycles. The molecule has 0 heterocycles. The lowest BCUT2D eigenvalue weighted by molar-refractivity contribution is -0.116. The molecule has 2 aromatic carbocycles. The lowest BCUT2D eigenvalue weighted by Crippen LogP contribution is -2.15. The van der Waals surface area contributed by atoms with E-state index < -0.39 is 5.82 Å². The second-order valence-electron chi connectivity index (χ2n) is 4.35. The first-order valence-electron chi connectivity index (χ1n) is 6.28. The van der Waals surface area contributed by atoms with Crippen molar-refractivity contribution in [1.82, 2.24) is 0 Å². The molecule has 0 unspecified atom stereocenters. The Labute approximate surface area is 130 Å². The van der Waals surface area contributed by atoms with E-state index >= 15 is 0 Å². The van der Waals surface area contributed by atoms with Gasteiger partial charge in [-0.2, -0.15) is 0 Å². The number of rotatable bonds is 5. The fourth-order valence-electron chi connectivity index (χ4n) is 1.68. The van der Waals surface area contributed by atoms with E-state index in [2.05, 4.69) is 21.2 Å². The third-order valence-corrected chi connectivity index (χ3v) is 3.31. The van der Waals surface area contributed by atoms with Gasteiger partial charge in [0.05, 0.1) is 17.5 Å². The summed E-state index contributed by atoms with van der Waals surface area (Å²) in [5, 5.41) is 2.71. The van der Waals surface area contributed by atoms with Crippen LogP contribution in [0.1, 0.15) is 6.42 Å². The fourth-order valence-corrected chi connectivity index (χ4v) is 2.04. The van der Waals surface area contributed by atoms with Crippen LogP contribution in [0.3, 0.4) is 0 Å². The molecule has 0 bridgehead atoms. The Kier molecular flexibility index (Phi) is 5.16. The highest BCUT2D eigenvalue weighted by Gasteiger charge is 2.06. The fraction of sp³-hybridized carbons (Fsp3) is 0.133. The van der Waals surface area contributed by atoms with Crippen molar-refractivity contribution in [2.45, 2.75) is 6.42 Å². The number of nitrogens with one attached hydrogen (secondary N) is 1. The third kappa shape index (κ3) is 4.75. The smallest absolute Gasteiger partial charge is 0.227 e. The molecule has 3 N–H and O–H groups in total. The second kappa shape index (κ2) is 7.08. The molecule has 2 aromatic rings. The van der Waals surface area contributed by atoms with Crippen LogP contribution in [0.25, 0.3) is 0 Å². The Hall–Kier alpha value is -2.08. The first-order chi connectivity index (χ1) is 10.0. The summed E-state index contributed by atoms with van der Waals surface area (Å²) < 4.78 is 19.1. The SMILES string of the molecule is Nc1cccc(NC(=O)CCOc2cc(F)ccc2Br)c1. The van der Waals surface area contributed by atoms with Crippen molar-refractivity contribution < 1.29 is 13.9 Å². The summed E-state index contributed by atoms with van der Waals surface area (Å²) in [6.45, 7) is 0.149. The second-order valence-corrected chi connectivity index (χ2v) is 5.20. The maximum Gasteiger partial charge on any atom is 0.227 e. The van der Waals surface area contributed by atoms with Gasteiger partial charge in [-0.3, -0.25) is 4.79 Å². The van der Waals surface area contributed by atoms with Gasteiger partial charge in [0, 0.05) is 17.4 Å². The van der Waals surface area contributed by atoms with E-state index in [9.17, 15) is 9.18 Å². The molecule has 0 aliphatic heterocycles. The van der Waals surface area contributed by atoms with Crippen molar-refractivity contribution in [3.05, 3.63) is 52.8 Å². The number of ether oxygens (including phenoxy) is 1. The first kappa shape index (κ1) is 15.3. The number of anilines is 2. The predicted octanol–water partition coefficient (Wildman–Crippen LogP) is 3.58. The van der Waals surface area contributed by atoms with Crippen LogP contribution in [0.15, 0.2) is 46.9 Å². The number of hydrogen-bond acceptors (Lipinski definition) is 3. The highest BCUT2D eigenvalue weighted by Crippen LogP contribution is 2.25. The third-order valence-electron chi connectivity index (χ3n) is 2.65. The largest absolute Gasteiger partial charge is 0.492 e. The topological polar surface area (TPSA) is 64.3 Å². The number of nitrogen functional groups attached to an aromatic ring is 1. The summed E-state index contributed by atoms with van der Waals surface area (Å²) in [6, 6.07) is 11.0. The molecule has 2 rings (SSSR count). The van der Waals surface area contributed by atoms with Gasteiger partial charge in [-0.05, 0) is 46.3 Å². The number of nitrogens with two attached hydrogens (primary N) is 1. The molecule has 1 amide bonds. The van der Waals surface area contributed by atoms with Gasteiger partial charge >= 0.3 is 0 Å². The van der Waals surface area contributed by atoms with E-state index in [0.717, 1.165) is 0 Å². The number of carbonyl (C=O) groups is 1. The Morgan fingerprint density at radius 2 is 2.10 bits per heavy atom. The van der Waals surface area contributed by atoms with Crippen LogP contribution in [0, 0.1) is 5.82 Å². The number of carbonyl (C=O) groups excluding carboxylic acids is 1. The Balaban J connectivity index is 1.83. The standard InChI is InChI=1S/C15H14BrFN2O2/c16-13-5-4-10(17)8-14(13)21-7-6-15(20)19-12-3-1-2-11(18)9-12/h1-5,8-9H,6-7,18H2,(H,19,20). The van der Waals surface area contributed by atoms with Gasteiger partial charge in [0.25, 0.3) is 0 Å². The average Bonchev–Trinajstić information content (AvgIpc) is 2.42. The van der Waals surface area contributed by atoms with Crippen LogP contribution < -0.4 is 15.8 Å². The van der Waals surface area contributed by atoms with E-state index in [-0.39, 0.29) is 18.9 Å². The van der Waals surface area contributed by atoms with Crippen LogP contribution in [0.5, 0.6) is 5.75 Å². The van der Waals surface area contributed by atoms with E-state index in [1.165, 1.54) is 12.1 Å². The minimum Gasteiger partial charge on any atom is -0.492 e. The van der Waals surface area contributed by atoms with E-state index in [0.29, 0.717) is 21.6 Å². The number of halogens is 2. The maximum absolute atomic E-state index is 13.1. The van der Waals surface area contributed by atoms with Crippen molar-refractivity contribution in [3.8, 4) is 5.75 Å². The number of hydrogen-bond donors (Lipinski definition) is 2. The lowest BCUT2D eigenvalue weighted by atomic mass is 10.2. The van der Waals surface area contributed by atoms with Crippen molar-refractivity contribution in [2.24, 2.45) is 0 Å². The molecular weight excluding hydrogens is 339 g/mol. The summed E-state index contributed by atoms with van der Waals surface area (Å²) in [5.74, 6) is -0.225. The Morgan fingerprint density at radius 3 is 2.86 bits per heavy atom. The predicted molar refractivity (Wildman–Crippen MR) is 83.7 cm³/mol. The minimum atomic E-state index is -0.391. The summed E-state index contributed by atoms with van der Waals surface area (Å²) in [4.78, 5) is 11.7. The molecule has 6 heteroatoms. The van der Waals surface area contributed by atoms with Gasteiger partial charge in [-0.15, -0.1) is 0 Å². The van der Waals surface area contributed by atoms with Gasteiger partial charge in [0.15, 0.2) is 0 Å². The van der Waals surface area contributed by atoms with Crippen molar-refractivity contribution in [2.75, 3.05) is 17.7 Å². The Bertz CT molecular complexity index is 649. The van der Waals surface area contributed by atoms with E-state index in [4.69, 9.17) is 10.5 Å². The average molecular weight is 353 g/mol. The Morgan fingerprint density at radius 1 is 1.29 bits per heavy atom. The molecule has 0 saturated carbocycles. The summed E-state index contributed by atoms with van der Waals surface area (Å²) in [7, 11) is 0. The van der Waals surface area contributed by atoms with Crippen molar-refractivity contribution in [3.63, 3.8) is 0 Å². The molecule has 0 radical (unpaired) electrons. The summed E-state index contributed by atoms with van der Waals surface area (Å²) >= 11 is 3.25. The highest BCUT2D eigenvalue weighted by molar-refractivity contribution is 9.10. The van der Waals surface area contributed by atoms with Crippen LogP contribution in [0.2, 0.25) is 0 Å². The van der Waals surface area contributed by atoms with Gasteiger partial charge in [0.2, 0.25) is 5.91 Å². The molecule has 0 spiro atoms. The molecule has 0 fully saturated rings. The minimum absolute atomic E-state index is 0.149. The van der Waals surface area contributed by atoms with Gasteiger partial charge in [-0.1, -0.05) is 6.07 Å². The molecule has 0 aliphatic carbocycles. The quantitative estimate of drug-likeness (QED) is 0.808. The van der Waals surface area contributed by atoms with Crippen molar-refractivity contribution in [1.29, 1.82) is 0 Å². The van der Waals surface area contributed by atoms with E-state index in [1.807, 2.05) is 0 Å². The van der Waals surface area contributed by atoms with Crippen LogP contribution in [-0.4, -0.2) is 12.5 Å².